The van der Waals surface area contributed by atoms with Gasteiger partial charge in [0.15, 0.2) is 0 Å². The summed E-state index contributed by atoms with van der Waals surface area (Å²) in [5, 5.41) is 2.87. The smallest absolute Gasteiger partial charge is 0.356 e. The third-order valence-electron chi connectivity index (χ3n) is 5.57. The largest absolute Gasteiger partial charge is 0.497 e. The van der Waals surface area contributed by atoms with Gasteiger partial charge in [0, 0.05) is 24.0 Å². The van der Waals surface area contributed by atoms with Gasteiger partial charge < -0.3 is 24.1 Å². The van der Waals surface area contributed by atoms with E-state index in [0.717, 1.165) is 26.4 Å². The van der Waals surface area contributed by atoms with E-state index >= 15 is 0 Å². The SMILES string of the molecule is COc1ccc(CNC(=O)C(OC(=O)c2cc3sc(C)cc3n2C)c2ccccc2OC)cc1. The highest BCUT2D eigenvalue weighted by Crippen LogP contribution is 2.31. The number of nitrogens with zero attached hydrogens (tertiary/aromatic N) is 1. The molecule has 0 bridgehead atoms. The Kier molecular flexibility index (Phi) is 6.88. The highest BCUT2D eigenvalue weighted by atomic mass is 32.1. The average Bonchev–Trinajstić information content (AvgIpc) is 3.37. The molecule has 0 aliphatic rings. The van der Waals surface area contributed by atoms with E-state index in [2.05, 4.69) is 5.32 Å². The van der Waals surface area contributed by atoms with Crippen LogP contribution in [0.5, 0.6) is 11.5 Å². The molecule has 7 nitrogen and oxygen atoms in total. The van der Waals surface area contributed by atoms with E-state index in [1.54, 1.807) is 53.3 Å². The van der Waals surface area contributed by atoms with Gasteiger partial charge in [-0.2, -0.15) is 0 Å². The van der Waals surface area contributed by atoms with Crippen LogP contribution in [0.4, 0.5) is 0 Å². The van der Waals surface area contributed by atoms with Gasteiger partial charge in [-0.25, -0.2) is 4.79 Å². The van der Waals surface area contributed by atoms with Crippen LogP contribution in [0.2, 0.25) is 0 Å². The van der Waals surface area contributed by atoms with Crippen molar-refractivity contribution < 1.29 is 23.8 Å². The molecule has 4 aromatic rings. The molecule has 0 radical (unpaired) electrons. The summed E-state index contributed by atoms with van der Waals surface area (Å²) in [7, 11) is 4.92. The van der Waals surface area contributed by atoms with Crippen molar-refractivity contribution >= 4 is 33.4 Å². The first kappa shape index (κ1) is 23.4. The van der Waals surface area contributed by atoms with Crippen molar-refractivity contribution in [3.8, 4) is 11.5 Å². The van der Waals surface area contributed by atoms with E-state index in [1.165, 1.54) is 7.11 Å². The number of fused-ring (bicyclic) bond motifs is 1. The lowest BCUT2D eigenvalue weighted by molar-refractivity contribution is -0.130. The number of nitrogens with one attached hydrogen (secondary N) is 1. The van der Waals surface area contributed by atoms with Crippen molar-refractivity contribution in [2.24, 2.45) is 7.05 Å². The van der Waals surface area contributed by atoms with Crippen molar-refractivity contribution in [1.82, 2.24) is 9.88 Å². The molecule has 1 unspecified atom stereocenters. The molecule has 0 saturated heterocycles. The van der Waals surface area contributed by atoms with E-state index in [-0.39, 0.29) is 6.54 Å². The minimum atomic E-state index is -1.18. The molecule has 1 N–H and O–H groups in total. The third-order valence-corrected chi connectivity index (χ3v) is 6.56. The van der Waals surface area contributed by atoms with Gasteiger partial charge in [-0.1, -0.05) is 30.3 Å². The molecule has 0 spiro atoms. The molecule has 2 aromatic carbocycles. The third kappa shape index (κ3) is 4.77. The lowest BCUT2D eigenvalue weighted by Gasteiger charge is -2.20. The Hall–Kier alpha value is -3.78. The second-order valence-corrected chi connectivity index (χ2v) is 9.08. The standard InChI is InChI=1S/C26H26N2O5S/c1-16-13-20-23(34-16)14-21(28(20)2)26(30)33-24(19-7-5-6-8-22(19)32-4)25(29)27-15-17-9-11-18(31-3)12-10-17/h5-14,24H,15H2,1-4H3,(H,27,29). The predicted molar refractivity (Wildman–Crippen MR) is 132 cm³/mol. The van der Waals surface area contributed by atoms with E-state index in [4.69, 9.17) is 14.2 Å². The first-order chi connectivity index (χ1) is 16.4. The van der Waals surface area contributed by atoms with Crippen LogP contribution in [-0.2, 0) is 23.1 Å². The Bertz CT molecular complexity index is 1320. The first-order valence-corrected chi connectivity index (χ1v) is 11.5. The summed E-state index contributed by atoms with van der Waals surface area (Å²) in [6.45, 7) is 2.29. The number of hydrogen-bond acceptors (Lipinski definition) is 6. The second-order valence-electron chi connectivity index (χ2n) is 7.79. The average molecular weight is 479 g/mol. The van der Waals surface area contributed by atoms with Gasteiger partial charge in [0.2, 0.25) is 6.10 Å². The van der Waals surface area contributed by atoms with E-state index < -0.39 is 18.0 Å². The van der Waals surface area contributed by atoms with Crippen molar-refractivity contribution in [1.29, 1.82) is 0 Å². The molecule has 4 rings (SSSR count). The second kappa shape index (κ2) is 10.0. The number of carbonyl (C=O) groups excluding carboxylic acids is 2. The number of aryl methyl sites for hydroxylation is 2. The fourth-order valence-electron chi connectivity index (χ4n) is 3.76. The summed E-state index contributed by atoms with van der Waals surface area (Å²) in [6.07, 6.45) is -1.18. The molecule has 1 atom stereocenters. The molecule has 0 aliphatic carbocycles. The number of methoxy groups -OCH3 is 2. The van der Waals surface area contributed by atoms with Crippen LogP contribution >= 0.6 is 11.3 Å². The Balaban J connectivity index is 1.59. The van der Waals surface area contributed by atoms with Crippen molar-refractivity contribution in [2.75, 3.05) is 14.2 Å². The van der Waals surface area contributed by atoms with Gasteiger partial charge in [-0.05, 0) is 42.8 Å². The van der Waals surface area contributed by atoms with Crippen LogP contribution in [0.25, 0.3) is 10.2 Å². The molecule has 8 heteroatoms. The Morgan fingerprint density at radius 3 is 2.44 bits per heavy atom. The van der Waals surface area contributed by atoms with E-state index in [9.17, 15) is 9.59 Å². The maximum Gasteiger partial charge on any atom is 0.356 e. The van der Waals surface area contributed by atoms with Crippen molar-refractivity contribution in [3.63, 3.8) is 0 Å². The van der Waals surface area contributed by atoms with Crippen LogP contribution in [0, 0.1) is 6.92 Å². The lowest BCUT2D eigenvalue weighted by atomic mass is 10.1. The first-order valence-electron chi connectivity index (χ1n) is 10.7. The van der Waals surface area contributed by atoms with Crippen LogP contribution in [0.15, 0.2) is 60.7 Å². The van der Waals surface area contributed by atoms with Crippen LogP contribution in [0.3, 0.4) is 0 Å². The summed E-state index contributed by atoms with van der Waals surface area (Å²) in [5.74, 6) is 0.163. The monoisotopic (exact) mass is 478 g/mol. The molecule has 2 aromatic heterocycles. The van der Waals surface area contributed by atoms with E-state index in [1.807, 2.05) is 44.3 Å². The van der Waals surface area contributed by atoms with Crippen molar-refractivity contribution in [3.05, 3.63) is 82.4 Å². The zero-order valence-electron chi connectivity index (χ0n) is 19.5. The Morgan fingerprint density at radius 1 is 1.03 bits per heavy atom. The van der Waals surface area contributed by atoms with Gasteiger partial charge in [-0.15, -0.1) is 11.3 Å². The number of amides is 1. The van der Waals surface area contributed by atoms with Gasteiger partial charge in [0.05, 0.1) is 24.4 Å². The zero-order chi connectivity index (χ0) is 24.2. The molecule has 176 valence electrons. The molecule has 0 aliphatic heterocycles. The highest BCUT2D eigenvalue weighted by Gasteiger charge is 2.29. The zero-order valence-corrected chi connectivity index (χ0v) is 20.3. The summed E-state index contributed by atoms with van der Waals surface area (Å²) >= 11 is 1.60. The molecule has 0 saturated carbocycles. The number of rotatable bonds is 8. The summed E-state index contributed by atoms with van der Waals surface area (Å²) in [5.41, 5.74) is 2.69. The fourth-order valence-corrected chi connectivity index (χ4v) is 4.75. The lowest BCUT2D eigenvalue weighted by Crippen LogP contribution is -2.32. The summed E-state index contributed by atoms with van der Waals surface area (Å²) < 4.78 is 19.2. The Labute approximate surface area is 201 Å². The molecule has 1 amide bonds. The van der Waals surface area contributed by atoms with E-state index in [0.29, 0.717) is 17.0 Å². The van der Waals surface area contributed by atoms with Crippen LogP contribution < -0.4 is 14.8 Å². The van der Waals surface area contributed by atoms with Crippen LogP contribution in [-0.4, -0.2) is 30.7 Å². The number of hydrogen-bond donors (Lipinski definition) is 1. The molecular formula is C26H26N2O5S. The maximum absolute atomic E-state index is 13.3. The number of esters is 1. The Morgan fingerprint density at radius 2 is 1.76 bits per heavy atom. The molecule has 34 heavy (non-hydrogen) atoms. The number of ether oxygens (including phenoxy) is 3. The van der Waals surface area contributed by atoms with Crippen molar-refractivity contribution in [2.45, 2.75) is 19.6 Å². The summed E-state index contributed by atoms with van der Waals surface area (Å²) in [6, 6.07) is 18.2. The fraction of sp³-hybridized carbons (Fsp3) is 0.231. The number of thiophene rings is 1. The number of benzene rings is 2. The summed E-state index contributed by atoms with van der Waals surface area (Å²) in [4.78, 5) is 27.6. The van der Waals surface area contributed by atoms with Gasteiger partial charge >= 0.3 is 5.97 Å². The minimum absolute atomic E-state index is 0.269. The maximum atomic E-state index is 13.3. The van der Waals surface area contributed by atoms with Gasteiger partial charge in [0.1, 0.15) is 17.2 Å². The topological polar surface area (TPSA) is 78.8 Å². The number of carbonyl (C=O) groups is 2. The predicted octanol–water partition coefficient (Wildman–Crippen LogP) is 4.78. The van der Waals surface area contributed by atoms with Gasteiger partial charge in [-0.3, -0.25) is 4.79 Å². The van der Waals surface area contributed by atoms with Gasteiger partial charge in [0.25, 0.3) is 5.91 Å². The van der Waals surface area contributed by atoms with Crippen LogP contribution in [0.1, 0.15) is 32.6 Å². The molecule has 2 heterocycles. The normalized spacial score (nSPS) is 11.8. The number of para-hydroxylation sites is 1. The molecule has 0 fully saturated rings. The quantitative estimate of drug-likeness (QED) is 0.369. The molecular weight excluding hydrogens is 452 g/mol. The number of aromatic nitrogens is 1. The minimum Gasteiger partial charge on any atom is -0.497 e. The highest BCUT2D eigenvalue weighted by molar-refractivity contribution is 7.19.